The second-order valence-corrected chi connectivity index (χ2v) is 7.69. The standard InChI is InChI=1S/C23H27N7O2/c1-5-32-23-27-20(24)19-22(28-23)30(14-16-8-6-15(7-9-16)13-29(2)3)21(26-19)17-10-18(31-4)12-25-11-17/h6-12H,5,13-14H2,1-4H3,(H2,24,27,28). The van der Waals surface area contributed by atoms with Gasteiger partial charge in [-0.2, -0.15) is 9.97 Å². The molecule has 3 aromatic heterocycles. The van der Waals surface area contributed by atoms with Crippen molar-refractivity contribution in [3.8, 4) is 23.1 Å². The van der Waals surface area contributed by atoms with Gasteiger partial charge in [0.25, 0.3) is 0 Å². The Kier molecular flexibility index (Phi) is 6.18. The average Bonchev–Trinajstić information content (AvgIpc) is 3.14. The van der Waals surface area contributed by atoms with Crippen LogP contribution in [0, 0.1) is 0 Å². The van der Waals surface area contributed by atoms with Gasteiger partial charge in [-0.05, 0) is 38.2 Å². The summed E-state index contributed by atoms with van der Waals surface area (Å²) in [6, 6.07) is 10.6. The van der Waals surface area contributed by atoms with Crippen molar-refractivity contribution >= 4 is 17.0 Å². The molecule has 3 heterocycles. The number of pyridine rings is 1. The van der Waals surface area contributed by atoms with Crippen LogP contribution in [-0.4, -0.2) is 57.2 Å². The molecule has 0 atom stereocenters. The SMILES string of the molecule is CCOc1nc(N)c2nc(-c3cncc(OC)c3)n(Cc3ccc(CN(C)C)cc3)c2n1. The first-order chi connectivity index (χ1) is 15.5. The third kappa shape index (κ3) is 4.47. The highest BCUT2D eigenvalue weighted by atomic mass is 16.5. The second kappa shape index (κ2) is 9.19. The molecule has 0 saturated carbocycles. The highest BCUT2D eigenvalue weighted by Crippen LogP contribution is 2.29. The van der Waals surface area contributed by atoms with E-state index in [1.807, 2.05) is 17.6 Å². The number of imidazole rings is 1. The van der Waals surface area contributed by atoms with Gasteiger partial charge in [-0.3, -0.25) is 4.98 Å². The van der Waals surface area contributed by atoms with E-state index in [1.54, 1.807) is 19.5 Å². The largest absolute Gasteiger partial charge is 0.495 e. The third-order valence-electron chi connectivity index (χ3n) is 4.94. The molecule has 0 unspecified atom stereocenters. The molecular formula is C23H27N7O2. The molecule has 0 aliphatic rings. The van der Waals surface area contributed by atoms with Gasteiger partial charge >= 0.3 is 6.01 Å². The van der Waals surface area contributed by atoms with Gasteiger partial charge in [0.2, 0.25) is 0 Å². The third-order valence-corrected chi connectivity index (χ3v) is 4.94. The van der Waals surface area contributed by atoms with Crippen molar-refractivity contribution in [2.75, 3.05) is 33.5 Å². The van der Waals surface area contributed by atoms with E-state index in [9.17, 15) is 0 Å². The Labute approximate surface area is 186 Å². The Morgan fingerprint density at radius 3 is 2.47 bits per heavy atom. The fourth-order valence-corrected chi connectivity index (χ4v) is 3.52. The lowest BCUT2D eigenvalue weighted by Gasteiger charge is -2.12. The predicted molar refractivity (Wildman–Crippen MR) is 124 cm³/mol. The van der Waals surface area contributed by atoms with E-state index in [1.165, 1.54) is 5.56 Å². The maximum atomic E-state index is 6.21. The van der Waals surface area contributed by atoms with Crippen molar-refractivity contribution in [1.82, 2.24) is 29.4 Å². The minimum Gasteiger partial charge on any atom is -0.495 e. The van der Waals surface area contributed by atoms with Crippen molar-refractivity contribution in [2.45, 2.75) is 20.0 Å². The molecule has 32 heavy (non-hydrogen) atoms. The van der Waals surface area contributed by atoms with Crippen LogP contribution in [0.2, 0.25) is 0 Å². The zero-order valence-electron chi connectivity index (χ0n) is 18.7. The van der Waals surface area contributed by atoms with Crippen molar-refractivity contribution in [3.05, 3.63) is 53.9 Å². The van der Waals surface area contributed by atoms with Crippen LogP contribution in [0.3, 0.4) is 0 Å². The van der Waals surface area contributed by atoms with Gasteiger partial charge in [0.15, 0.2) is 17.0 Å². The van der Waals surface area contributed by atoms with E-state index in [0.717, 1.165) is 17.7 Å². The van der Waals surface area contributed by atoms with Crippen molar-refractivity contribution in [3.63, 3.8) is 0 Å². The van der Waals surface area contributed by atoms with Crippen LogP contribution >= 0.6 is 0 Å². The van der Waals surface area contributed by atoms with Gasteiger partial charge in [-0.15, -0.1) is 0 Å². The summed E-state index contributed by atoms with van der Waals surface area (Å²) in [5.74, 6) is 1.59. The Hall–Kier alpha value is -3.72. The Bertz CT molecular complexity index is 1220. The smallest absolute Gasteiger partial charge is 0.320 e. The zero-order valence-corrected chi connectivity index (χ0v) is 18.7. The molecule has 0 amide bonds. The molecule has 0 saturated heterocycles. The van der Waals surface area contributed by atoms with E-state index in [4.69, 9.17) is 20.2 Å². The summed E-state index contributed by atoms with van der Waals surface area (Å²) in [7, 11) is 5.72. The topological polar surface area (TPSA) is 104 Å². The summed E-state index contributed by atoms with van der Waals surface area (Å²) in [5.41, 5.74) is 10.5. The lowest BCUT2D eigenvalue weighted by Crippen LogP contribution is -2.10. The first-order valence-corrected chi connectivity index (χ1v) is 10.4. The zero-order chi connectivity index (χ0) is 22.7. The van der Waals surface area contributed by atoms with Gasteiger partial charge in [0.1, 0.15) is 11.6 Å². The molecule has 166 valence electrons. The number of nitrogens with zero attached hydrogens (tertiary/aromatic N) is 6. The predicted octanol–water partition coefficient (Wildman–Crippen LogP) is 2.99. The van der Waals surface area contributed by atoms with Crippen LogP contribution < -0.4 is 15.2 Å². The van der Waals surface area contributed by atoms with Crippen LogP contribution in [0.4, 0.5) is 5.82 Å². The van der Waals surface area contributed by atoms with Crippen LogP contribution in [-0.2, 0) is 13.1 Å². The number of benzene rings is 1. The van der Waals surface area contributed by atoms with Gasteiger partial charge < -0.3 is 24.7 Å². The van der Waals surface area contributed by atoms with Crippen molar-refractivity contribution in [2.24, 2.45) is 0 Å². The van der Waals surface area contributed by atoms with Crippen molar-refractivity contribution in [1.29, 1.82) is 0 Å². The summed E-state index contributed by atoms with van der Waals surface area (Å²) in [6.45, 7) is 3.76. The lowest BCUT2D eigenvalue weighted by molar-refractivity contribution is 0.314. The minimum atomic E-state index is 0.232. The highest BCUT2D eigenvalue weighted by Gasteiger charge is 2.19. The van der Waals surface area contributed by atoms with Crippen LogP contribution in [0.15, 0.2) is 42.7 Å². The number of hydrogen-bond donors (Lipinski definition) is 1. The molecular weight excluding hydrogens is 406 g/mol. The number of fused-ring (bicyclic) bond motifs is 1. The number of methoxy groups -OCH3 is 1. The molecule has 0 bridgehead atoms. The molecule has 0 fully saturated rings. The van der Waals surface area contributed by atoms with Gasteiger partial charge in [-0.1, -0.05) is 24.3 Å². The number of aromatic nitrogens is 5. The lowest BCUT2D eigenvalue weighted by atomic mass is 10.1. The molecule has 2 N–H and O–H groups in total. The summed E-state index contributed by atoms with van der Waals surface area (Å²) in [6.07, 6.45) is 3.40. The van der Waals surface area contributed by atoms with Gasteiger partial charge in [0, 0.05) is 18.3 Å². The maximum Gasteiger partial charge on any atom is 0.320 e. The summed E-state index contributed by atoms with van der Waals surface area (Å²) < 4.78 is 12.9. The number of nitrogens with two attached hydrogens (primary N) is 1. The number of anilines is 1. The molecule has 0 spiro atoms. The highest BCUT2D eigenvalue weighted by molar-refractivity contribution is 5.86. The number of hydrogen-bond acceptors (Lipinski definition) is 8. The monoisotopic (exact) mass is 433 g/mol. The maximum absolute atomic E-state index is 6.21. The van der Waals surface area contributed by atoms with Crippen LogP contribution in [0.25, 0.3) is 22.6 Å². The second-order valence-electron chi connectivity index (χ2n) is 7.69. The molecule has 4 aromatic rings. The van der Waals surface area contributed by atoms with Gasteiger partial charge in [-0.25, -0.2) is 4.98 Å². The van der Waals surface area contributed by atoms with Gasteiger partial charge in [0.05, 0.1) is 26.5 Å². The van der Waals surface area contributed by atoms with Crippen LogP contribution in [0.1, 0.15) is 18.1 Å². The molecule has 1 aromatic carbocycles. The molecule has 4 rings (SSSR count). The molecule has 9 heteroatoms. The van der Waals surface area contributed by atoms with E-state index in [0.29, 0.717) is 35.9 Å². The Morgan fingerprint density at radius 1 is 1.03 bits per heavy atom. The number of ether oxygens (including phenoxy) is 2. The van der Waals surface area contributed by atoms with Crippen molar-refractivity contribution < 1.29 is 9.47 Å². The normalized spacial score (nSPS) is 11.3. The van der Waals surface area contributed by atoms with E-state index >= 15 is 0 Å². The Balaban J connectivity index is 1.83. The molecule has 0 radical (unpaired) electrons. The Morgan fingerprint density at radius 2 is 1.78 bits per heavy atom. The number of nitrogen functional groups attached to an aromatic ring is 1. The summed E-state index contributed by atoms with van der Waals surface area (Å²) in [5, 5.41) is 0. The van der Waals surface area contributed by atoms with Crippen LogP contribution in [0.5, 0.6) is 11.8 Å². The minimum absolute atomic E-state index is 0.232. The first-order valence-electron chi connectivity index (χ1n) is 10.4. The first kappa shape index (κ1) is 21.5. The molecule has 0 aliphatic carbocycles. The van der Waals surface area contributed by atoms with E-state index in [2.05, 4.69) is 58.2 Å². The fourth-order valence-electron chi connectivity index (χ4n) is 3.52. The quantitative estimate of drug-likeness (QED) is 0.452. The molecule has 0 aliphatic heterocycles. The van der Waals surface area contributed by atoms with E-state index in [-0.39, 0.29) is 11.8 Å². The van der Waals surface area contributed by atoms with E-state index < -0.39 is 0 Å². The number of rotatable bonds is 8. The fraction of sp³-hybridized carbons (Fsp3) is 0.304. The molecule has 9 nitrogen and oxygen atoms in total. The summed E-state index contributed by atoms with van der Waals surface area (Å²) >= 11 is 0. The summed E-state index contributed by atoms with van der Waals surface area (Å²) in [4.78, 5) is 20.0. The average molecular weight is 434 g/mol.